The van der Waals surface area contributed by atoms with E-state index >= 15 is 0 Å². The third-order valence-electron chi connectivity index (χ3n) is 3.35. The predicted molar refractivity (Wildman–Crippen MR) is 66.8 cm³/mol. The van der Waals surface area contributed by atoms with E-state index in [1.54, 1.807) is 24.3 Å². The van der Waals surface area contributed by atoms with Crippen LogP contribution < -0.4 is 0 Å². The smallest absolute Gasteiger partial charge is 0.157 e. The van der Waals surface area contributed by atoms with Crippen LogP contribution in [0, 0.1) is 17.2 Å². The zero-order valence-electron chi connectivity index (χ0n) is 9.53. The molecule has 0 aromatic heterocycles. The van der Waals surface area contributed by atoms with Gasteiger partial charge in [0.25, 0.3) is 0 Å². The summed E-state index contributed by atoms with van der Waals surface area (Å²) in [4.78, 5) is 12.2. The van der Waals surface area contributed by atoms with E-state index in [1.165, 1.54) is 0 Å². The van der Waals surface area contributed by atoms with E-state index in [2.05, 4.69) is 6.07 Å². The highest BCUT2D eigenvalue weighted by Crippen LogP contribution is 2.31. The summed E-state index contributed by atoms with van der Waals surface area (Å²) in [6.07, 6.45) is 4.06. The Hall–Kier alpha value is -1.33. The van der Waals surface area contributed by atoms with Crippen molar-refractivity contribution >= 4 is 17.4 Å². The van der Waals surface area contributed by atoms with Crippen LogP contribution in [0.4, 0.5) is 0 Å². The SMILES string of the molecule is N#CC(C(=O)C1CCCC1)c1cccc(Cl)c1. The Kier molecular flexibility index (Phi) is 3.81. The first-order chi connectivity index (χ1) is 8.22. The minimum Gasteiger partial charge on any atom is -0.298 e. The fourth-order valence-electron chi connectivity index (χ4n) is 2.43. The second-order valence-corrected chi connectivity index (χ2v) is 4.94. The summed E-state index contributed by atoms with van der Waals surface area (Å²) in [5.41, 5.74) is 0.719. The molecule has 0 radical (unpaired) electrons. The average molecular weight is 248 g/mol. The van der Waals surface area contributed by atoms with Gasteiger partial charge in [-0.05, 0) is 30.5 Å². The number of carbonyl (C=O) groups excluding carboxylic acids is 1. The third-order valence-corrected chi connectivity index (χ3v) is 3.59. The average Bonchev–Trinajstić information content (AvgIpc) is 2.83. The van der Waals surface area contributed by atoms with Crippen LogP contribution in [0.5, 0.6) is 0 Å². The van der Waals surface area contributed by atoms with Crippen molar-refractivity contribution in [3.63, 3.8) is 0 Å². The molecule has 1 aromatic carbocycles. The van der Waals surface area contributed by atoms with Crippen molar-refractivity contribution in [3.05, 3.63) is 34.9 Å². The number of nitriles is 1. The second kappa shape index (κ2) is 5.33. The van der Waals surface area contributed by atoms with Gasteiger partial charge in [-0.3, -0.25) is 4.79 Å². The molecule has 1 aliphatic carbocycles. The molecule has 0 N–H and O–H groups in total. The zero-order chi connectivity index (χ0) is 12.3. The summed E-state index contributed by atoms with van der Waals surface area (Å²) < 4.78 is 0. The van der Waals surface area contributed by atoms with Gasteiger partial charge < -0.3 is 0 Å². The Morgan fingerprint density at radius 1 is 1.41 bits per heavy atom. The summed E-state index contributed by atoms with van der Waals surface area (Å²) in [7, 11) is 0. The van der Waals surface area contributed by atoms with Crippen molar-refractivity contribution in [1.29, 1.82) is 5.26 Å². The van der Waals surface area contributed by atoms with Gasteiger partial charge in [0.05, 0.1) is 6.07 Å². The van der Waals surface area contributed by atoms with E-state index < -0.39 is 5.92 Å². The van der Waals surface area contributed by atoms with Crippen molar-refractivity contribution < 1.29 is 4.79 Å². The highest BCUT2D eigenvalue weighted by Gasteiger charge is 2.30. The van der Waals surface area contributed by atoms with E-state index in [0.717, 1.165) is 31.2 Å². The fraction of sp³-hybridized carbons (Fsp3) is 0.429. The number of nitrogens with zero attached hydrogens (tertiary/aromatic N) is 1. The lowest BCUT2D eigenvalue weighted by molar-refractivity contribution is -0.123. The molecule has 0 aliphatic heterocycles. The normalized spacial score (nSPS) is 17.6. The van der Waals surface area contributed by atoms with Crippen molar-refractivity contribution in [2.24, 2.45) is 5.92 Å². The summed E-state index contributed by atoms with van der Waals surface area (Å²) >= 11 is 5.89. The van der Waals surface area contributed by atoms with Crippen LogP contribution in [0.15, 0.2) is 24.3 Å². The molecule has 0 spiro atoms. The van der Waals surface area contributed by atoms with E-state index in [0.29, 0.717) is 5.02 Å². The molecule has 88 valence electrons. The van der Waals surface area contributed by atoms with Crippen LogP contribution in [-0.4, -0.2) is 5.78 Å². The number of rotatable bonds is 3. The van der Waals surface area contributed by atoms with Crippen LogP contribution in [0.1, 0.15) is 37.2 Å². The second-order valence-electron chi connectivity index (χ2n) is 4.50. The minimum absolute atomic E-state index is 0.0623. The van der Waals surface area contributed by atoms with Crippen molar-refractivity contribution in [1.82, 2.24) is 0 Å². The first kappa shape index (κ1) is 12.1. The number of hydrogen-bond donors (Lipinski definition) is 0. The van der Waals surface area contributed by atoms with E-state index in [9.17, 15) is 10.1 Å². The number of hydrogen-bond acceptors (Lipinski definition) is 2. The zero-order valence-corrected chi connectivity index (χ0v) is 10.3. The van der Waals surface area contributed by atoms with Crippen LogP contribution in [0.25, 0.3) is 0 Å². The van der Waals surface area contributed by atoms with E-state index in [-0.39, 0.29) is 11.7 Å². The minimum atomic E-state index is -0.656. The number of halogens is 1. The van der Waals surface area contributed by atoms with Gasteiger partial charge in [-0.1, -0.05) is 36.6 Å². The Morgan fingerprint density at radius 3 is 2.71 bits per heavy atom. The Labute approximate surface area is 106 Å². The first-order valence-corrected chi connectivity index (χ1v) is 6.29. The maximum absolute atomic E-state index is 12.2. The fourth-order valence-corrected chi connectivity index (χ4v) is 2.63. The molecule has 0 bridgehead atoms. The highest BCUT2D eigenvalue weighted by atomic mass is 35.5. The molecule has 1 aromatic rings. The third kappa shape index (κ3) is 2.68. The van der Waals surface area contributed by atoms with Crippen LogP contribution >= 0.6 is 11.6 Å². The Balaban J connectivity index is 2.21. The molecule has 1 unspecified atom stereocenters. The topological polar surface area (TPSA) is 40.9 Å². The number of Topliss-reactive ketones (excluding diaryl/α,β-unsaturated/α-hetero) is 1. The quantitative estimate of drug-likeness (QED) is 0.817. The lowest BCUT2D eigenvalue weighted by Gasteiger charge is -2.13. The molecule has 2 rings (SSSR count). The first-order valence-electron chi connectivity index (χ1n) is 5.91. The van der Waals surface area contributed by atoms with Crippen molar-refractivity contribution in [2.45, 2.75) is 31.6 Å². The van der Waals surface area contributed by atoms with Crippen molar-refractivity contribution in [3.8, 4) is 6.07 Å². The Bertz CT molecular complexity index is 458. The molecule has 17 heavy (non-hydrogen) atoms. The molecule has 1 fully saturated rings. The summed E-state index contributed by atoms with van der Waals surface area (Å²) in [5, 5.41) is 9.76. The van der Waals surface area contributed by atoms with Gasteiger partial charge in [-0.2, -0.15) is 5.26 Å². The molecule has 0 saturated heterocycles. The summed E-state index contributed by atoms with van der Waals surface area (Å²) in [5.74, 6) is -0.525. The highest BCUT2D eigenvalue weighted by molar-refractivity contribution is 6.30. The monoisotopic (exact) mass is 247 g/mol. The molecule has 1 atom stereocenters. The van der Waals surface area contributed by atoms with Gasteiger partial charge in [0.15, 0.2) is 5.78 Å². The number of carbonyl (C=O) groups is 1. The largest absolute Gasteiger partial charge is 0.298 e. The van der Waals surface area contributed by atoms with E-state index in [1.807, 2.05) is 0 Å². The Morgan fingerprint density at radius 2 is 2.12 bits per heavy atom. The van der Waals surface area contributed by atoms with Gasteiger partial charge in [-0.25, -0.2) is 0 Å². The molecule has 0 amide bonds. The van der Waals surface area contributed by atoms with Crippen LogP contribution in [0.3, 0.4) is 0 Å². The molecule has 0 heterocycles. The van der Waals surface area contributed by atoms with Gasteiger partial charge in [0, 0.05) is 10.9 Å². The van der Waals surface area contributed by atoms with Gasteiger partial charge in [-0.15, -0.1) is 0 Å². The number of ketones is 1. The lowest BCUT2D eigenvalue weighted by atomic mass is 9.87. The molecule has 3 heteroatoms. The maximum atomic E-state index is 12.2. The standard InChI is InChI=1S/C14H14ClNO/c15-12-7-3-6-11(8-12)13(9-16)14(17)10-4-1-2-5-10/h3,6-8,10,13H,1-2,4-5H2. The van der Waals surface area contributed by atoms with Crippen LogP contribution in [0.2, 0.25) is 5.02 Å². The van der Waals surface area contributed by atoms with Crippen LogP contribution in [-0.2, 0) is 4.79 Å². The van der Waals surface area contributed by atoms with Gasteiger partial charge in [0.1, 0.15) is 5.92 Å². The molecular weight excluding hydrogens is 234 g/mol. The molecule has 1 aliphatic rings. The molecule has 1 saturated carbocycles. The summed E-state index contributed by atoms with van der Waals surface area (Å²) in [6.45, 7) is 0. The predicted octanol–water partition coefficient (Wildman–Crippen LogP) is 3.71. The molecule has 2 nitrogen and oxygen atoms in total. The lowest BCUT2D eigenvalue weighted by Crippen LogP contribution is -2.19. The summed E-state index contributed by atoms with van der Waals surface area (Å²) in [6, 6.07) is 9.15. The molecular formula is C14H14ClNO. The van der Waals surface area contributed by atoms with E-state index in [4.69, 9.17) is 11.6 Å². The number of benzene rings is 1. The maximum Gasteiger partial charge on any atom is 0.157 e. The van der Waals surface area contributed by atoms with Gasteiger partial charge in [0.2, 0.25) is 0 Å². The van der Waals surface area contributed by atoms with Crippen molar-refractivity contribution in [2.75, 3.05) is 0 Å². The van der Waals surface area contributed by atoms with Gasteiger partial charge >= 0.3 is 0 Å².